The number of anilines is 2. The molecule has 0 unspecified atom stereocenters. The van der Waals surface area contributed by atoms with Crippen LogP contribution in [-0.2, 0) is 0 Å². The van der Waals surface area contributed by atoms with Crippen LogP contribution in [0.2, 0.25) is 0 Å². The number of nitrogens with one attached hydrogen (secondary N) is 1. The summed E-state index contributed by atoms with van der Waals surface area (Å²) in [5.74, 6) is 0.642. The summed E-state index contributed by atoms with van der Waals surface area (Å²) < 4.78 is 0. The third-order valence-electron chi connectivity index (χ3n) is 2.95. The zero-order valence-corrected chi connectivity index (χ0v) is 14.0. The lowest BCUT2D eigenvalue weighted by Gasteiger charge is -2.26. The fraction of sp³-hybridized carbons (Fsp3) is 0.714. The monoisotopic (exact) mass is 314 g/mol. The Labute approximate surface area is 130 Å². The highest BCUT2D eigenvalue weighted by atomic mass is 32.1. The lowest BCUT2D eigenvalue weighted by Crippen LogP contribution is -2.38. The number of aromatic nitrogens is 1. The minimum absolute atomic E-state index is 0.0534. The topological polar surface area (TPSA) is 91.5 Å². The molecule has 1 aromatic rings. The van der Waals surface area contributed by atoms with Crippen LogP contribution in [0.1, 0.15) is 43.8 Å². The molecule has 120 valence electrons. The van der Waals surface area contributed by atoms with Gasteiger partial charge in [0.2, 0.25) is 0 Å². The maximum absolute atomic E-state index is 12.6. The van der Waals surface area contributed by atoms with Gasteiger partial charge in [-0.05, 0) is 26.2 Å². The molecule has 7 heteroatoms. The van der Waals surface area contributed by atoms with Crippen LogP contribution in [0.4, 0.5) is 10.9 Å². The number of aliphatic hydroxyl groups excluding tert-OH is 1. The van der Waals surface area contributed by atoms with Gasteiger partial charge >= 0.3 is 0 Å². The summed E-state index contributed by atoms with van der Waals surface area (Å²) in [5.41, 5.74) is 5.88. The molecule has 1 aromatic heterocycles. The van der Waals surface area contributed by atoms with E-state index in [9.17, 15) is 4.79 Å². The lowest BCUT2D eigenvalue weighted by molar-refractivity contribution is 0.0699. The van der Waals surface area contributed by atoms with Gasteiger partial charge in [-0.25, -0.2) is 4.98 Å². The number of amides is 1. The third kappa shape index (κ3) is 5.17. The second kappa shape index (κ2) is 8.19. The molecule has 0 aliphatic rings. The molecule has 0 saturated heterocycles. The van der Waals surface area contributed by atoms with E-state index in [1.807, 2.05) is 13.8 Å². The average molecular weight is 314 g/mol. The minimum atomic E-state index is -0.119. The van der Waals surface area contributed by atoms with E-state index < -0.39 is 0 Å². The second-order valence-corrected chi connectivity index (χ2v) is 6.68. The van der Waals surface area contributed by atoms with Gasteiger partial charge in [0, 0.05) is 25.7 Å². The van der Waals surface area contributed by atoms with Gasteiger partial charge in [-0.1, -0.05) is 25.2 Å². The van der Waals surface area contributed by atoms with Crippen molar-refractivity contribution in [3.05, 3.63) is 4.88 Å². The Bertz CT molecular complexity index is 460. The smallest absolute Gasteiger partial charge is 0.268 e. The molecule has 4 N–H and O–H groups in total. The van der Waals surface area contributed by atoms with Crippen molar-refractivity contribution in [1.29, 1.82) is 0 Å². The standard InChI is InChI=1S/C14H26N4O2S/c1-9(2)8-16-14-17-12(15)11(21-14)13(20)18(10(3)4)6-5-7-19/h9-10,19H,5-8,15H2,1-4H3,(H,16,17). The zero-order valence-electron chi connectivity index (χ0n) is 13.2. The number of rotatable bonds is 8. The van der Waals surface area contributed by atoms with Gasteiger partial charge in [0.15, 0.2) is 5.13 Å². The summed E-state index contributed by atoms with van der Waals surface area (Å²) >= 11 is 1.29. The van der Waals surface area contributed by atoms with Crippen LogP contribution in [0.25, 0.3) is 0 Å². The maximum Gasteiger partial charge on any atom is 0.268 e. The van der Waals surface area contributed by atoms with E-state index in [2.05, 4.69) is 24.1 Å². The number of thiazole rings is 1. The molecular formula is C14H26N4O2S. The highest BCUT2D eigenvalue weighted by Gasteiger charge is 2.23. The van der Waals surface area contributed by atoms with Crippen LogP contribution in [0.15, 0.2) is 0 Å². The van der Waals surface area contributed by atoms with Crippen LogP contribution in [0, 0.1) is 5.92 Å². The number of carbonyl (C=O) groups excluding carboxylic acids is 1. The lowest BCUT2D eigenvalue weighted by atomic mass is 10.2. The third-order valence-corrected chi connectivity index (χ3v) is 3.97. The summed E-state index contributed by atoms with van der Waals surface area (Å²) in [6.45, 7) is 9.47. The van der Waals surface area contributed by atoms with Gasteiger partial charge in [-0.15, -0.1) is 0 Å². The van der Waals surface area contributed by atoms with Crippen LogP contribution in [0.3, 0.4) is 0 Å². The molecular weight excluding hydrogens is 288 g/mol. The minimum Gasteiger partial charge on any atom is -0.396 e. The Balaban J connectivity index is 2.84. The summed E-state index contributed by atoms with van der Waals surface area (Å²) in [6, 6.07) is 0.0534. The quantitative estimate of drug-likeness (QED) is 0.683. The van der Waals surface area contributed by atoms with Crippen molar-refractivity contribution in [3.8, 4) is 0 Å². The summed E-state index contributed by atoms with van der Waals surface area (Å²) in [5, 5.41) is 12.8. The van der Waals surface area contributed by atoms with Gasteiger partial charge < -0.3 is 21.1 Å². The first-order valence-electron chi connectivity index (χ1n) is 7.28. The van der Waals surface area contributed by atoms with E-state index in [1.165, 1.54) is 11.3 Å². The molecule has 0 aliphatic carbocycles. The molecule has 0 bridgehead atoms. The molecule has 1 rings (SSSR count). The number of carbonyl (C=O) groups is 1. The van der Waals surface area contributed by atoms with Crippen molar-refractivity contribution in [1.82, 2.24) is 9.88 Å². The molecule has 21 heavy (non-hydrogen) atoms. The number of hydrogen-bond donors (Lipinski definition) is 3. The summed E-state index contributed by atoms with van der Waals surface area (Å²) in [7, 11) is 0. The Morgan fingerprint density at radius 3 is 2.62 bits per heavy atom. The summed E-state index contributed by atoms with van der Waals surface area (Å²) in [4.78, 5) is 19.0. The molecule has 0 aromatic carbocycles. The maximum atomic E-state index is 12.6. The molecule has 0 radical (unpaired) electrons. The normalized spacial score (nSPS) is 11.2. The second-order valence-electron chi connectivity index (χ2n) is 5.68. The van der Waals surface area contributed by atoms with Crippen molar-refractivity contribution in [2.24, 2.45) is 5.92 Å². The van der Waals surface area contributed by atoms with Gasteiger partial charge in [0.1, 0.15) is 10.7 Å². The largest absolute Gasteiger partial charge is 0.396 e. The summed E-state index contributed by atoms with van der Waals surface area (Å²) in [6.07, 6.45) is 0.557. The molecule has 0 aliphatic heterocycles. The fourth-order valence-corrected chi connectivity index (χ4v) is 2.67. The number of hydrogen-bond acceptors (Lipinski definition) is 6. The van der Waals surface area contributed by atoms with Crippen molar-refractivity contribution < 1.29 is 9.90 Å². The predicted octanol–water partition coefficient (Wildman–Crippen LogP) is 2.03. The molecule has 1 amide bonds. The van der Waals surface area contributed by atoms with Crippen LogP contribution in [0.5, 0.6) is 0 Å². The van der Waals surface area contributed by atoms with Crippen molar-refractivity contribution >= 4 is 28.2 Å². The first-order chi connectivity index (χ1) is 9.86. The Hall–Kier alpha value is -1.34. The van der Waals surface area contributed by atoms with Gasteiger partial charge in [0.25, 0.3) is 5.91 Å². The van der Waals surface area contributed by atoms with Gasteiger partial charge in [-0.2, -0.15) is 0 Å². The van der Waals surface area contributed by atoms with Crippen LogP contribution >= 0.6 is 11.3 Å². The molecule has 0 atom stereocenters. The van der Waals surface area contributed by atoms with Gasteiger partial charge in [0.05, 0.1) is 0 Å². The average Bonchev–Trinajstić information content (AvgIpc) is 2.77. The number of nitrogens with two attached hydrogens (primary N) is 1. The first kappa shape index (κ1) is 17.7. The van der Waals surface area contributed by atoms with E-state index in [1.54, 1.807) is 4.90 Å². The molecule has 0 spiro atoms. The highest BCUT2D eigenvalue weighted by molar-refractivity contribution is 7.18. The van der Waals surface area contributed by atoms with Crippen LogP contribution in [-0.4, -0.2) is 46.6 Å². The Morgan fingerprint density at radius 1 is 1.43 bits per heavy atom. The Kier molecular flexibility index (Phi) is 6.91. The van der Waals surface area contributed by atoms with E-state index in [0.29, 0.717) is 28.9 Å². The van der Waals surface area contributed by atoms with Crippen LogP contribution < -0.4 is 11.1 Å². The Morgan fingerprint density at radius 2 is 2.10 bits per heavy atom. The fourth-order valence-electron chi connectivity index (χ4n) is 1.82. The first-order valence-corrected chi connectivity index (χ1v) is 8.10. The van der Waals surface area contributed by atoms with E-state index in [0.717, 1.165) is 6.54 Å². The number of nitrogens with zero attached hydrogens (tertiary/aromatic N) is 2. The molecule has 0 saturated carbocycles. The molecule has 1 heterocycles. The van der Waals surface area contributed by atoms with Gasteiger partial charge in [-0.3, -0.25) is 4.79 Å². The van der Waals surface area contributed by atoms with Crippen molar-refractivity contribution in [2.45, 2.75) is 40.2 Å². The van der Waals surface area contributed by atoms with E-state index >= 15 is 0 Å². The molecule has 6 nitrogen and oxygen atoms in total. The highest BCUT2D eigenvalue weighted by Crippen LogP contribution is 2.27. The number of aliphatic hydroxyl groups is 1. The van der Waals surface area contributed by atoms with E-state index in [4.69, 9.17) is 10.8 Å². The van der Waals surface area contributed by atoms with E-state index in [-0.39, 0.29) is 24.4 Å². The molecule has 0 fully saturated rings. The predicted molar refractivity (Wildman–Crippen MR) is 87.7 cm³/mol. The van der Waals surface area contributed by atoms with Crippen molar-refractivity contribution in [2.75, 3.05) is 30.7 Å². The zero-order chi connectivity index (χ0) is 16.0. The number of nitrogen functional groups attached to an aromatic ring is 1. The SMILES string of the molecule is CC(C)CNc1nc(N)c(C(=O)N(CCCO)C(C)C)s1. The van der Waals surface area contributed by atoms with Crippen molar-refractivity contribution in [3.63, 3.8) is 0 Å².